The first-order valence-corrected chi connectivity index (χ1v) is 6.90. The number of rotatable bonds is 2. The number of esters is 1. The van der Waals surface area contributed by atoms with E-state index >= 15 is 0 Å². The summed E-state index contributed by atoms with van der Waals surface area (Å²) in [6.07, 6.45) is 0. The molecule has 0 bridgehead atoms. The third-order valence-electron chi connectivity index (χ3n) is 2.56. The van der Waals surface area contributed by atoms with Crippen LogP contribution in [0.1, 0.15) is 10.4 Å². The Morgan fingerprint density at radius 2 is 1.74 bits per heavy atom. The predicted molar refractivity (Wildman–Crippen MR) is 80.9 cm³/mol. The SMILES string of the molecule is COC(=O)c1ccc(Br)cc1-c1cc(Cl)cc(Cl)c1. The molecule has 0 aliphatic rings. The second kappa shape index (κ2) is 5.95. The van der Waals surface area contributed by atoms with Gasteiger partial charge >= 0.3 is 5.97 Å². The van der Waals surface area contributed by atoms with Crippen molar-refractivity contribution in [2.45, 2.75) is 0 Å². The molecule has 0 aliphatic carbocycles. The largest absolute Gasteiger partial charge is 0.465 e. The van der Waals surface area contributed by atoms with E-state index in [2.05, 4.69) is 15.9 Å². The van der Waals surface area contributed by atoms with Crippen molar-refractivity contribution in [1.29, 1.82) is 0 Å². The van der Waals surface area contributed by atoms with Crippen molar-refractivity contribution in [3.8, 4) is 11.1 Å². The van der Waals surface area contributed by atoms with Gasteiger partial charge in [0.2, 0.25) is 0 Å². The summed E-state index contributed by atoms with van der Waals surface area (Å²) in [5.41, 5.74) is 1.94. The second-order valence-electron chi connectivity index (χ2n) is 3.84. The maximum atomic E-state index is 11.8. The highest BCUT2D eigenvalue weighted by Gasteiger charge is 2.14. The molecule has 19 heavy (non-hydrogen) atoms. The van der Waals surface area contributed by atoms with Gasteiger partial charge < -0.3 is 4.74 Å². The highest BCUT2D eigenvalue weighted by Crippen LogP contribution is 2.32. The summed E-state index contributed by atoms with van der Waals surface area (Å²) in [5.74, 6) is -0.404. The molecule has 0 N–H and O–H groups in total. The van der Waals surface area contributed by atoms with Gasteiger partial charge in [-0.2, -0.15) is 0 Å². The van der Waals surface area contributed by atoms with Gasteiger partial charge in [0.05, 0.1) is 12.7 Å². The first-order chi connectivity index (χ1) is 9.01. The average molecular weight is 360 g/mol. The summed E-state index contributed by atoms with van der Waals surface area (Å²) < 4.78 is 5.63. The molecule has 98 valence electrons. The van der Waals surface area contributed by atoms with Gasteiger partial charge in [0.25, 0.3) is 0 Å². The molecule has 0 heterocycles. The molecule has 2 rings (SSSR count). The Balaban J connectivity index is 2.65. The smallest absolute Gasteiger partial charge is 0.338 e. The number of hydrogen-bond acceptors (Lipinski definition) is 2. The predicted octanol–water partition coefficient (Wildman–Crippen LogP) is 5.21. The number of benzene rings is 2. The summed E-state index contributed by atoms with van der Waals surface area (Å²) in [7, 11) is 1.35. The Morgan fingerprint density at radius 1 is 1.11 bits per heavy atom. The molecule has 0 aromatic heterocycles. The molecular weight excluding hydrogens is 351 g/mol. The Hall–Kier alpha value is -1.03. The van der Waals surface area contributed by atoms with E-state index in [1.165, 1.54) is 7.11 Å². The molecule has 2 aromatic carbocycles. The zero-order valence-corrected chi connectivity index (χ0v) is 13.0. The van der Waals surface area contributed by atoms with Gasteiger partial charge in [-0.15, -0.1) is 0 Å². The van der Waals surface area contributed by atoms with Crippen LogP contribution in [0.2, 0.25) is 10.0 Å². The molecule has 0 radical (unpaired) electrons. The molecule has 0 saturated carbocycles. The van der Waals surface area contributed by atoms with Crippen LogP contribution in [0, 0.1) is 0 Å². The summed E-state index contributed by atoms with van der Waals surface area (Å²) >= 11 is 15.4. The number of methoxy groups -OCH3 is 1. The summed E-state index contributed by atoms with van der Waals surface area (Å²) in [6, 6.07) is 10.4. The Kier molecular flexibility index (Phi) is 4.50. The zero-order chi connectivity index (χ0) is 14.0. The van der Waals surface area contributed by atoms with Gasteiger partial charge in [0, 0.05) is 14.5 Å². The lowest BCUT2D eigenvalue weighted by Crippen LogP contribution is -2.03. The van der Waals surface area contributed by atoms with Crippen molar-refractivity contribution >= 4 is 45.1 Å². The molecule has 0 saturated heterocycles. The van der Waals surface area contributed by atoms with E-state index in [9.17, 15) is 4.79 Å². The Bertz CT molecular complexity index is 621. The minimum atomic E-state index is -0.404. The molecule has 0 atom stereocenters. The number of carbonyl (C=O) groups is 1. The number of hydrogen-bond donors (Lipinski definition) is 0. The highest BCUT2D eigenvalue weighted by atomic mass is 79.9. The van der Waals surface area contributed by atoms with Crippen LogP contribution in [-0.2, 0) is 4.74 Å². The van der Waals surface area contributed by atoms with Crippen LogP contribution in [0.3, 0.4) is 0 Å². The summed E-state index contributed by atoms with van der Waals surface area (Å²) in [4.78, 5) is 11.8. The minimum Gasteiger partial charge on any atom is -0.465 e. The number of carbonyl (C=O) groups excluding carboxylic acids is 1. The van der Waals surface area contributed by atoms with Gasteiger partial charge in [-0.25, -0.2) is 4.79 Å². The molecule has 2 nitrogen and oxygen atoms in total. The van der Waals surface area contributed by atoms with E-state index in [-0.39, 0.29) is 0 Å². The third kappa shape index (κ3) is 3.30. The van der Waals surface area contributed by atoms with Crippen LogP contribution in [0.25, 0.3) is 11.1 Å². The molecule has 0 unspecified atom stereocenters. The van der Waals surface area contributed by atoms with E-state index in [0.717, 1.165) is 10.0 Å². The van der Waals surface area contributed by atoms with Gasteiger partial charge in [0.1, 0.15) is 0 Å². The number of halogens is 3. The molecule has 2 aromatic rings. The lowest BCUT2D eigenvalue weighted by Gasteiger charge is -2.10. The third-order valence-corrected chi connectivity index (χ3v) is 3.49. The minimum absolute atomic E-state index is 0.404. The van der Waals surface area contributed by atoms with Crippen LogP contribution < -0.4 is 0 Å². The highest BCUT2D eigenvalue weighted by molar-refractivity contribution is 9.10. The van der Waals surface area contributed by atoms with E-state index in [4.69, 9.17) is 27.9 Å². The van der Waals surface area contributed by atoms with Gasteiger partial charge in [-0.3, -0.25) is 0 Å². The van der Waals surface area contributed by atoms with Crippen LogP contribution in [0.15, 0.2) is 40.9 Å². The maximum Gasteiger partial charge on any atom is 0.338 e. The van der Waals surface area contributed by atoms with Crippen molar-refractivity contribution in [3.63, 3.8) is 0 Å². The molecule has 0 spiro atoms. The van der Waals surface area contributed by atoms with Crippen molar-refractivity contribution < 1.29 is 9.53 Å². The normalized spacial score (nSPS) is 10.3. The van der Waals surface area contributed by atoms with E-state index in [1.807, 2.05) is 6.07 Å². The summed E-state index contributed by atoms with van der Waals surface area (Å²) in [5, 5.41) is 1.02. The van der Waals surface area contributed by atoms with E-state index < -0.39 is 5.97 Å². The molecule has 0 fully saturated rings. The lowest BCUT2D eigenvalue weighted by atomic mass is 10.00. The van der Waals surface area contributed by atoms with E-state index in [1.54, 1.807) is 30.3 Å². The molecule has 0 amide bonds. The van der Waals surface area contributed by atoms with Crippen molar-refractivity contribution in [1.82, 2.24) is 0 Å². The van der Waals surface area contributed by atoms with E-state index in [0.29, 0.717) is 21.2 Å². The van der Waals surface area contributed by atoms with Gasteiger partial charge in [-0.05, 0) is 47.5 Å². The topological polar surface area (TPSA) is 26.3 Å². The molecular formula is C14H9BrCl2O2. The lowest BCUT2D eigenvalue weighted by molar-refractivity contribution is 0.0601. The Labute approximate surface area is 129 Å². The fraction of sp³-hybridized carbons (Fsp3) is 0.0714. The quantitative estimate of drug-likeness (QED) is 0.688. The van der Waals surface area contributed by atoms with Gasteiger partial charge in [-0.1, -0.05) is 39.1 Å². The van der Waals surface area contributed by atoms with Crippen LogP contribution >= 0.6 is 39.1 Å². The monoisotopic (exact) mass is 358 g/mol. The van der Waals surface area contributed by atoms with Crippen LogP contribution in [-0.4, -0.2) is 13.1 Å². The standard InChI is InChI=1S/C14H9BrCl2O2/c1-19-14(18)12-3-2-9(15)6-13(12)8-4-10(16)7-11(17)5-8/h2-7H,1H3. The van der Waals surface area contributed by atoms with Crippen molar-refractivity contribution in [2.75, 3.05) is 7.11 Å². The van der Waals surface area contributed by atoms with Gasteiger partial charge in [0.15, 0.2) is 0 Å². The summed E-state index contributed by atoms with van der Waals surface area (Å²) in [6.45, 7) is 0. The van der Waals surface area contributed by atoms with Crippen molar-refractivity contribution in [2.24, 2.45) is 0 Å². The second-order valence-corrected chi connectivity index (χ2v) is 5.63. The Morgan fingerprint density at radius 3 is 2.32 bits per heavy atom. The van der Waals surface area contributed by atoms with Crippen LogP contribution in [0.5, 0.6) is 0 Å². The fourth-order valence-corrected chi connectivity index (χ4v) is 2.64. The fourth-order valence-electron chi connectivity index (χ4n) is 1.75. The molecule has 0 aliphatic heterocycles. The van der Waals surface area contributed by atoms with Crippen molar-refractivity contribution in [3.05, 3.63) is 56.5 Å². The maximum absolute atomic E-state index is 11.8. The van der Waals surface area contributed by atoms with Crippen LogP contribution in [0.4, 0.5) is 0 Å². The molecule has 5 heteroatoms. The first-order valence-electron chi connectivity index (χ1n) is 5.35. The first kappa shape index (κ1) is 14.4. The zero-order valence-electron chi connectivity index (χ0n) is 9.91. The average Bonchev–Trinajstić information content (AvgIpc) is 2.36. The number of ether oxygens (including phenoxy) is 1.